The van der Waals surface area contributed by atoms with E-state index in [-0.39, 0.29) is 6.15 Å². The zero-order chi connectivity index (χ0) is 13.5. The zero-order valence-electron chi connectivity index (χ0n) is 10.8. The second-order valence-corrected chi connectivity index (χ2v) is 4.79. The molecule has 1 rings (SSSR count). The van der Waals surface area contributed by atoms with Gasteiger partial charge >= 0.3 is 10.4 Å². The Morgan fingerprint density at radius 2 is 1.56 bits per heavy atom. The maximum Gasteiger partial charge on any atom is 0.394 e. The third-order valence-electron chi connectivity index (χ3n) is 1.80. The van der Waals surface area contributed by atoms with Crippen LogP contribution in [0.5, 0.6) is 5.75 Å². The Morgan fingerprint density at radius 3 is 1.83 bits per heavy atom. The second kappa shape index (κ2) is 8.87. The van der Waals surface area contributed by atoms with E-state index in [2.05, 4.69) is 26.0 Å². The van der Waals surface area contributed by atoms with Crippen molar-refractivity contribution in [3.05, 3.63) is 29.8 Å². The summed E-state index contributed by atoms with van der Waals surface area (Å²) >= 11 is 0. The van der Waals surface area contributed by atoms with E-state index in [0.29, 0.717) is 0 Å². The van der Waals surface area contributed by atoms with Gasteiger partial charge in [-0.3, -0.25) is 9.11 Å². The lowest BCUT2D eigenvalue weighted by Gasteiger charge is -2.05. The van der Waals surface area contributed by atoms with Gasteiger partial charge in [-0.25, -0.2) is 0 Å². The molecule has 18 heavy (non-hydrogen) atoms. The lowest BCUT2D eigenvalue weighted by Crippen LogP contribution is -1.93. The van der Waals surface area contributed by atoms with Gasteiger partial charge in [0.05, 0.1) is 7.11 Å². The molecular weight excluding hydrogens is 258 g/mol. The van der Waals surface area contributed by atoms with Crippen molar-refractivity contribution in [3.8, 4) is 5.75 Å². The van der Waals surface area contributed by atoms with Gasteiger partial charge in [0, 0.05) is 0 Å². The van der Waals surface area contributed by atoms with E-state index < -0.39 is 10.4 Å². The molecule has 0 saturated carbocycles. The Balaban J connectivity index is 0. The molecular formula is C11H21NO5S. The first-order valence-corrected chi connectivity index (χ1v) is 6.45. The summed E-state index contributed by atoms with van der Waals surface area (Å²) in [5, 5.41) is 0. The molecule has 7 heteroatoms. The van der Waals surface area contributed by atoms with E-state index in [1.54, 1.807) is 7.11 Å². The molecule has 0 radical (unpaired) electrons. The smallest absolute Gasteiger partial charge is 0.394 e. The Labute approximate surface area is 108 Å². The van der Waals surface area contributed by atoms with Crippen LogP contribution in [0.15, 0.2) is 24.3 Å². The summed E-state index contributed by atoms with van der Waals surface area (Å²) in [6.07, 6.45) is 1.14. The number of hydrogen-bond donors (Lipinski definition) is 3. The van der Waals surface area contributed by atoms with Crippen LogP contribution in [0.25, 0.3) is 0 Å². The lowest BCUT2D eigenvalue weighted by molar-refractivity contribution is 0.381. The molecule has 106 valence electrons. The summed E-state index contributed by atoms with van der Waals surface area (Å²) in [6, 6.07) is 8.27. The number of rotatable bonds is 3. The molecule has 1 aromatic rings. The predicted molar refractivity (Wildman–Crippen MR) is 70.7 cm³/mol. The fourth-order valence-electron chi connectivity index (χ4n) is 1.23. The van der Waals surface area contributed by atoms with E-state index in [0.717, 1.165) is 18.1 Å². The molecule has 0 heterocycles. The lowest BCUT2D eigenvalue weighted by atomic mass is 10.0. The van der Waals surface area contributed by atoms with E-state index >= 15 is 0 Å². The first-order chi connectivity index (χ1) is 7.72. The van der Waals surface area contributed by atoms with Gasteiger partial charge in [-0.2, -0.15) is 8.42 Å². The molecule has 5 N–H and O–H groups in total. The molecule has 0 aromatic heterocycles. The highest BCUT2D eigenvalue weighted by Crippen LogP contribution is 2.13. The average Bonchev–Trinajstić information content (AvgIpc) is 2.15. The van der Waals surface area contributed by atoms with Crippen molar-refractivity contribution in [3.63, 3.8) is 0 Å². The van der Waals surface area contributed by atoms with E-state index in [4.69, 9.17) is 22.3 Å². The molecule has 0 unspecified atom stereocenters. The molecule has 0 saturated heterocycles. The van der Waals surface area contributed by atoms with Crippen LogP contribution in [0.1, 0.15) is 19.4 Å². The normalized spacial score (nSPS) is 10.1. The largest absolute Gasteiger partial charge is 0.497 e. The molecule has 0 aliphatic carbocycles. The van der Waals surface area contributed by atoms with Crippen molar-refractivity contribution in [2.24, 2.45) is 5.92 Å². The molecule has 0 aliphatic heterocycles. The van der Waals surface area contributed by atoms with E-state index in [1.807, 2.05) is 12.1 Å². The van der Waals surface area contributed by atoms with Crippen LogP contribution >= 0.6 is 0 Å². The second-order valence-electron chi connectivity index (χ2n) is 3.89. The maximum absolute atomic E-state index is 8.74. The number of methoxy groups -OCH3 is 1. The SMILES string of the molecule is COc1ccc(CC(C)C)cc1.N.O=S(=O)(O)O. The Hall–Kier alpha value is -1.15. The Morgan fingerprint density at radius 1 is 1.17 bits per heavy atom. The van der Waals surface area contributed by atoms with Crippen molar-refractivity contribution in [1.29, 1.82) is 0 Å². The summed E-state index contributed by atoms with van der Waals surface area (Å²) in [4.78, 5) is 0. The predicted octanol–water partition coefficient (Wildman–Crippen LogP) is 2.40. The average molecular weight is 279 g/mol. The van der Waals surface area contributed by atoms with Gasteiger partial charge in [0.2, 0.25) is 0 Å². The zero-order valence-corrected chi connectivity index (χ0v) is 11.6. The van der Waals surface area contributed by atoms with Gasteiger partial charge < -0.3 is 10.9 Å². The Kier molecular flexibility index (Phi) is 9.46. The molecule has 0 spiro atoms. The first-order valence-electron chi connectivity index (χ1n) is 5.05. The fraction of sp³-hybridized carbons (Fsp3) is 0.455. The highest BCUT2D eigenvalue weighted by molar-refractivity contribution is 7.79. The van der Waals surface area contributed by atoms with Gasteiger partial charge in [0.25, 0.3) is 0 Å². The summed E-state index contributed by atoms with van der Waals surface area (Å²) in [6.45, 7) is 4.45. The summed E-state index contributed by atoms with van der Waals surface area (Å²) in [5.74, 6) is 1.65. The van der Waals surface area contributed by atoms with Gasteiger partial charge in [0.1, 0.15) is 5.75 Å². The van der Waals surface area contributed by atoms with Gasteiger partial charge in [0.15, 0.2) is 0 Å². The minimum absolute atomic E-state index is 0. The highest BCUT2D eigenvalue weighted by Gasteiger charge is 1.97. The molecule has 0 fully saturated rings. The van der Waals surface area contributed by atoms with Crippen LogP contribution in [-0.2, 0) is 16.8 Å². The topological polar surface area (TPSA) is 119 Å². The van der Waals surface area contributed by atoms with Crippen molar-refractivity contribution < 1.29 is 22.3 Å². The molecule has 6 nitrogen and oxygen atoms in total. The van der Waals surface area contributed by atoms with Gasteiger partial charge in [-0.1, -0.05) is 26.0 Å². The first kappa shape index (κ1) is 19.2. The van der Waals surface area contributed by atoms with Crippen molar-refractivity contribution in [2.75, 3.05) is 7.11 Å². The molecule has 0 bridgehead atoms. The molecule has 1 aromatic carbocycles. The highest BCUT2D eigenvalue weighted by atomic mass is 32.3. The number of ether oxygens (including phenoxy) is 1. The van der Waals surface area contributed by atoms with E-state index in [9.17, 15) is 0 Å². The quantitative estimate of drug-likeness (QED) is 0.731. The van der Waals surface area contributed by atoms with Gasteiger partial charge in [-0.05, 0) is 30.0 Å². The van der Waals surface area contributed by atoms with Crippen LogP contribution in [-0.4, -0.2) is 24.6 Å². The standard InChI is InChI=1S/C11H16O.H3N.H2O4S/c1-9(2)8-10-4-6-11(12-3)7-5-10;;1-5(2,3)4/h4-7,9H,8H2,1-3H3;1H3;(H2,1,2,3,4). The number of hydrogen-bond acceptors (Lipinski definition) is 4. The summed E-state index contributed by atoms with van der Waals surface area (Å²) in [5.41, 5.74) is 1.38. The van der Waals surface area contributed by atoms with E-state index in [1.165, 1.54) is 5.56 Å². The van der Waals surface area contributed by atoms with Crippen LogP contribution in [0.3, 0.4) is 0 Å². The van der Waals surface area contributed by atoms with Crippen molar-refractivity contribution in [2.45, 2.75) is 20.3 Å². The monoisotopic (exact) mass is 279 g/mol. The number of benzene rings is 1. The van der Waals surface area contributed by atoms with Crippen LogP contribution in [0, 0.1) is 5.92 Å². The van der Waals surface area contributed by atoms with Gasteiger partial charge in [-0.15, -0.1) is 0 Å². The van der Waals surface area contributed by atoms with Crippen molar-refractivity contribution >= 4 is 10.4 Å². The Bertz CT molecular complexity index is 406. The summed E-state index contributed by atoms with van der Waals surface area (Å²) in [7, 11) is -2.97. The summed E-state index contributed by atoms with van der Waals surface area (Å²) < 4.78 is 36.7. The molecule has 0 atom stereocenters. The molecule has 0 aliphatic rings. The van der Waals surface area contributed by atoms with Crippen molar-refractivity contribution in [1.82, 2.24) is 6.15 Å². The third-order valence-corrected chi connectivity index (χ3v) is 1.80. The maximum atomic E-state index is 8.74. The fourth-order valence-corrected chi connectivity index (χ4v) is 1.23. The third kappa shape index (κ3) is 12.9. The minimum atomic E-state index is -4.67. The molecule has 0 amide bonds. The van der Waals surface area contributed by atoms with Crippen LogP contribution < -0.4 is 10.9 Å². The minimum Gasteiger partial charge on any atom is -0.497 e. The van der Waals surface area contributed by atoms with Crippen LogP contribution in [0.2, 0.25) is 0 Å². The van der Waals surface area contributed by atoms with Crippen LogP contribution in [0.4, 0.5) is 0 Å².